The Kier molecular flexibility index (Phi) is 8.57. The second kappa shape index (κ2) is 11.5. The molecule has 1 heterocycles. The van der Waals surface area contributed by atoms with Crippen LogP contribution < -0.4 is 0 Å². The number of hydrogen-bond acceptors (Lipinski definition) is 11. The molecule has 0 amide bonds. The maximum Gasteiger partial charge on any atom is 0.405 e. The summed E-state index contributed by atoms with van der Waals surface area (Å²) in [6.07, 6.45) is 2.10. The monoisotopic (exact) mass is 636 g/mol. The van der Waals surface area contributed by atoms with Gasteiger partial charge in [0.25, 0.3) is 0 Å². The molecule has 0 spiro atoms. The van der Waals surface area contributed by atoms with Crippen molar-refractivity contribution in [3.8, 4) is 0 Å². The molecule has 1 N–H and O–H groups in total. The van der Waals surface area contributed by atoms with Gasteiger partial charge in [-0.05, 0) is 57.3 Å². The Morgan fingerprint density at radius 3 is 2.30 bits per heavy atom. The van der Waals surface area contributed by atoms with Crippen LogP contribution in [0.1, 0.15) is 65.7 Å². The number of alkyl halides is 2. The van der Waals surface area contributed by atoms with Crippen molar-refractivity contribution in [2.24, 2.45) is 41.4 Å². The molecule has 15 heteroatoms. The van der Waals surface area contributed by atoms with E-state index in [1.807, 2.05) is 13.8 Å². The van der Waals surface area contributed by atoms with Crippen LogP contribution in [0, 0.1) is 41.4 Å². The fourth-order valence-electron chi connectivity index (χ4n) is 8.53. The quantitative estimate of drug-likeness (QED) is 0.179. The van der Waals surface area contributed by atoms with Crippen LogP contribution in [0.15, 0.2) is 0 Å². The topological polar surface area (TPSA) is 169 Å². The molecule has 4 bridgehead atoms. The van der Waals surface area contributed by atoms with Crippen molar-refractivity contribution in [2.75, 3.05) is 13.2 Å². The third kappa shape index (κ3) is 5.54. The Hall–Kier alpha value is -2.39. The van der Waals surface area contributed by atoms with E-state index < -0.39 is 94.1 Å². The fraction of sp³-hybridized carbons (Fsp3) is 0.857. The van der Waals surface area contributed by atoms with Crippen molar-refractivity contribution >= 4 is 34.0 Å². The summed E-state index contributed by atoms with van der Waals surface area (Å²) in [5.74, 6) is -4.23. The molecule has 12 nitrogen and oxygen atoms in total. The summed E-state index contributed by atoms with van der Waals surface area (Å²) in [5, 5.41) is -4.75. The number of hydrogen-bond donors (Lipinski definition) is 1. The molecule has 43 heavy (non-hydrogen) atoms. The first kappa shape index (κ1) is 32.0. The van der Waals surface area contributed by atoms with Crippen LogP contribution in [-0.4, -0.2) is 79.2 Å². The minimum absolute atomic E-state index is 0.270. The molecule has 10 unspecified atom stereocenters. The van der Waals surface area contributed by atoms with Crippen LogP contribution in [-0.2, 0) is 53.0 Å². The zero-order valence-electron chi connectivity index (χ0n) is 24.2. The van der Waals surface area contributed by atoms with Crippen LogP contribution in [0.25, 0.3) is 0 Å². The van der Waals surface area contributed by atoms with Crippen molar-refractivity contribution in [3.05, 3.63) is 0 Å². The third-order valence-electron chi connectivity index (χ3n) is 10.6. The van der Waals surface area contributed by atoms with E-state index in [2.05, 4.69) is 4.74 Å². The maximum absolute atomic E-state index is 13.8. The first-order valence-electron chi connectivity index (χ1n) is 14.9. The largest absolute Gasteiger partial charge is 0.459 e. The fourth-order valence-corrected chi connectivity index (χ4v) is 9.00. The minimum Gasteiger partial charge on any atom is -0.459 e. The molecule has 0 aromatic carbocycles. The number of carbonyl (C=O) groups is 4. The van der Waals surface area contributed by atoms with Gasteiger partial charge in [-0.25, -0.2) is 9.59 Å². The zero-order chi connectivity index (χ0) is 31.5. The van der Waals surface area contributed by atoms with E-state index >= 15 is 0 Å². The van der Waals surface area contributed by atoms with Crippen molar-refractivity contribution in [1.82, 2.24) is 0 Å². The average Bonchev–Trinajstić information content (AvgIpc) is 3.74. The van der Waals surface area contributed by atoms with Gasteiger partial charge in [0, 0.05) is 17.8 Å². The van der Waals surface area contributed by atoms with Gasteiger partial charge in [0.15, 0.2) is 6.10 Å². The predicted molar refractivity (Wildman–Crippen MR) is 140 cm³/mol. The lowest BCUT2D eigenvalue weighted by atomic mass is 9.72. The van der Waals surface area contributed by atoms with E-state index in [0.717, 1.165) is 19.3 Å². The minimum atomic E-state index is -5.83. The first-order chi connectivity index (χ1) is 20.1. The molecule has 10 atom stereocenters. The Labute approximate surface area is 248 Å². The van der Waals surface area contributed by atoms with Gasteiger partial charge in [-0.15, -0.1) is 0 Å². The van der Waals surface area contributed by atoms with Crippen LogP contribution in [0.3, 0.4) is 0 Å². The molecule has 5 fully saturated rings. The Morgan fingerprint density at radius 2 is 1.72 bits per heavy atom. The highest BCUT2D eigenvalue weighted by Crippen LogP contribution is 2.60. The van der Waals surface area contributed by atoms with Gasteiger partial charge in [-0.3, -0.25) is 14.1 Å². The van der Waals surface area contributed by atoms with Gasteiger partial charge in [0.2, 0.25) is 0 Å². The molecule has 5 aliphatic rings. The Balaban J connectivity index is 1.18. The maximum atomic E-state index is 13.8. The first-order valence-corrected chi connectivity index (χ1v) is 16.3. The molecule has 0 aromatic rings. The lowest BCUT2D eigenvalue weighted by Crippen LogP contribution is -2.49. The van der Waals surface area contributed by atoms with E-state index in [-0.39, 0.29) is 11.8 Å². The van der Waals surface area contributed by atoms with Gasteiger partial charge >= 0.3 is 39.2 Å². The number of halogens is 2. The smallest absolute Gasteiger partial charge is 0.405 e. The SMILES string of the molecule is CCC(CC)(OC(=O)C1C2CC3C(OC(=O)C31)C2OC(=O)COCC(=O)OC(C)C(F)(F)S(=O)(=O)O)C1CC2CCC1C2. The molecule has 4 saturated carbocycles. The predicted octanol–water partition coefficient (Wildman–Crippen LogP) is 2.67. The molecule has 5 rings (SSSR count). The molecular weight excluding hydrogens is 598 g/mol. The summed E-state index contributed by atoms with van der Waals surface area (Å²) in [7, 11) is -5.83. The highest BCUT2D eigenvalue weighted by Gasteiger charge is 2.70. The van der Waals surface area contributed by atoms with Crippen LogP contribution in [0.5, 0.6) is 0 Å². The van der Waals surface area contributed by atoms with Gasteiger partial charge in [-0.2, -0.15) is 17.2 Å². The van der Waals surface area contributed by atoms with Crippen LogP contribution >= 0.6 is 0 Å². The summed E-state index contributed by atoms with van der Waals surface area (Å²) in [4.78, 5) is 51.0. The van der Waals surface area contributed by atoms with Gasteiger partial charge in [0.1, 0.15) is 31.0 Å². The average molecular weight is 637 g/mol. The summed E-state index contributed by atoms with van der Waals surface area (Å²) < 4.78 is 83.9. The van der Waals surface area contributed by atoms with E-state index in [9.17, 15) is 36.4 Å². The van der Waals surface area contributed by atoms with Crippen molar-refractivity contribution in [3.63, 3.8) is 0 Å². The molecule has 0 aromatic heterocycles. The summed E-state index contributed by atoms with van der Waals surface area (Å²) in [6, 6.07) is 0. The molecule has 0 radical (unpaired) electrons. The number of esters is 4. The number of fused-ring (bicyclic) bond motifs is 3. The van der Waals surface area contributed by atoms with Gasteiger partial charge in [-0.1, -0.05) is 20.3 Å². The molecule has 242 valence electrons. The number of ether oxygens (including phenoxy) is 5. The van der Waals surface area contributed by atoms with E-state index in [4.69, 9.17) is 23.5 Å². The lowest BCUT2D eigenvalue weighted by Gasteiger charge is -2.43. The third-order valence-corrected chi connectivity index (χ3v) is 11.6. The van der Waals surface area contributed by atoms with E-state index in [1.165, 1.54) is 6.42 Å². The molecule has 1 saturated heterocycles. The molecule has 4 aliphatic carbocycles. The van der Waals surface area contributed by atoms with Crippen molar-refractivity contribution < 1.29 is 64.6 Å². The van der Waals surface area contributed by atoms with Crippen molar-refractivity contribution in [2.45, 2.75) is 94.9 Å². The lowest BCUT2D eigenvalue weighted by molar-refractivity contribution is -0.185. The summed E-state index contributed by atoms with van der Waals surface area (Å²) in [6.45, 7) is 2.81. The second-order valence-electron chi connectivity index (χ2n) is 12.6. The molecule has 1 aliphatic heterocycles. The highest BCUT2D eigenvalue weighted by atomic mass is 32.2. The second-order valence-corrected chi connectivity index (χ2v) is 14.1. The summed E-state index contributed by atoms with van der Waals surface area (Å²) >= 11 is 0. The zero-order valence-corrected chi connectivity index (χ0v) is 25.1. The van der Waals surface area contributed by atoms with Crippen LogP contribution in [0.4, 0.5) is 8.78 Å². The van der Waals surface area contributed by atoms with Gasteiger partial charge < -0.3 is 23.7 Å². The number of carbonyl (C=O) groups excluding carboxylic acids is 4. The summed E-state index contributed by atoms with van der Waals surface area (Å²) in [5.41, 5.74) is -0.627. The standard InChI is InChI=1S/C28H38F2O12S/c1-4-27(5-2,18-9-14-6-7-15(18)8-14)42-26(34)22-17-10-16-21(22)25(33)41-24(16)23(17)40-20(32)12-38-11-19(31)39-13(3)28(29,30)43(35,36)37/h13-18,21-24H,4-12H2,1-3H3,(H,35,36,37). The molecular formula is C28H38F2O12S. The Morgan fingerprint density at radius 1 is 1.05 bits per heavy atom. The van der Waals surface area contributed by atoms with E-state index in [1.54, 1.807) is 0 Å². The normalized spacial score (nSPS) is 35.1. The Bertz CT molecular complexity index is 1250. The van der Waals surface area contributed by atoms with E-state index in [0.29, 0.717) is 38.0 Å². The van der Waals surface area contributed by atoms with Gasteiger partial charge in [0.05, 0.1) is 11.8 Å². The van der Waals surface area contributed by atoms with Crippen LogP contribution in [0.2, 0.25) is 0 Å². The number of rotatable bonds is 13. The van der Waals surface area contributed by atoms with Crippen molar-refractivity contribution in [1.29, 1.82) is 0 Å². The highest BCUT2D eigenvalue weighted by molar-refractivity contribution is 7.86.